The van der Waals surface area contributed by atoms with Gasteiger partial charge < -0.3 is 5.32 Å². The summed E-state index contributed by atoms with van der Waals surface area (Å²) in [6.07, 6.45) is 5.40. The van der Waals surface area contributed by atoms with Crippen molar-refractivity contribution in [1.82, 2.24) is 19.6 Å². The predicted octanol–water partition coefficient (Wildman–Crippen LogP) is 1.12. The summed E-state index contributed by atoms with van der Waals surface area (Å²) in [5, 5.41) is 21.8. The van der Waals surface area contributed by atoms with E-state index in [0.29, 0.717) is 6.42 Å². The number of amides is 1. The van der Waals surface area contributed by atoms with Crippen molar-refractivity contribution in [2.75, 3.05) is 5.32 Å². The highest BCUT2D eigenvalue weighted by Crippen LogP contribution is 2.32. The van der Waals surface area contributed by atoms with E-state index in [1.54, 1.807) is 11.7 Å². The van der Waals surface area contributed by atoms with E-state index in [0.717, 1.165) is 30.3 Å². The first-order valence-electron chi connectivity index (χ1n) is 6.97. The molecule has 2 aromatic rings. The fraction of sp³-hybridized carbons (Fsp3) is 0.462. The Morgan fingerprint density at radius 3 is 3.00 bits per heavy atom. The van der Waals surface area contributed by atoms with Crippen molar-refractivity contribution in [3.63, 3.8) is 0 Å². The van der Waals surface area contributed by atoms with Gasteiger partial charge in [-0.25, -0.2) is 4.68 Å². The van der Waals surface area contributed by atoms with Crippen molar-refractivity contribution in [2.24, 2.45) is 14.1 Å². The lowest BCUT2D eigenvalue weighted by atomic mass is 9.86. The van der Waals surface area contributed by atoms with E-state index in [1.165, 1.54) is 4.68 Å². The fourth-order valence-electron chi connectivity index (χ4n) is 2.85. The highest BCUT2D eigenvalue weighted by molar-refractivity contribution is 5.97. The molecule has 1 atom stereocenters. The molecule has 2 heterocycles. The minimum absolute atomic E-state index is 0.103. The summed E-state index contributed by atoms with van der Waals surface area (Å²) in [5.41, 5.74) is 1.61. The van der Waals surface area contributed by atoms with Gasteiger partial charge in [-0.15, -0.1) is 0 Å². The molecule has 0 spiro atoms. The molecule has 1 amide bonds. The van der Waals surface area contributed by atoms with Gasteiger partial charge in [0.05, 0.1) is 16.5 Å². The van der Waals surface area contributed by atoms with Gasteiger partial charge >= 0.3 is 5.69 Å². The zero-order valence-electron chi connectivity index (χ0n) is 12.3. The molecular weight excluding hydrogens is 288 g/mol. The maximum Gasteiger partial charge on any atom is 0.331 e. The summed E-state index contributed by atoms with van der Waals surface area (Å²) in [4.78, 5) is 23.0. The van der Waals surface area contributed by atoms with E-state index in [9.17, 15) is 14.9 Å². The second-order valence-electron chi connectivity index (χ2n) is 5.40. The monoisotopic (exact) mass is 304 g/mol. The van der Waals surface area contributed by atoms with Gasteiger partial charge in [0, 0.05) is 25.9 Å². The van der Waals surface area contributed by atoms with Gasteiger partial charge in [-0.3, -0.25) is 19.6 Å². The van der Waals surface area contributed by atoms with Crippen molar-refractivity contribution >= 4 is 17.4 Å². The van der Waals surface area contributed by atoms with Gasteiger partial charge in [0.2, 0.25) is 11.7 Å². The molecule has 0 aliphatic heterocycles. The standard InChI is InChI=1S/C13H16N6O3/c1-17-7-9-8(4-3-5-10(9)16-17)13(20)15-12-11(19(21)22)6-14-18(12)2/h6-8H,3-5H2,1-2H3,(H,15,20)/t8-/m1/s1. The first-order valence-corrected chi connectivity index (χ1v) is 6.97. The molecule has 1 N–H and O–H groups in total. The summed E-state index contributed by atoms with van der Waals surface area (Å²) in [6.45, 7) is 0. The minimum Gasteiger partial charge on any atom is -0.305 e. The quantitative estimate of drug-likeness (QED) is 0.675. The maximum atomic E-state index is 12.6. The summed E-state index contributed by atoms with van der Waals surface area (Å²) in [7, 11) is 3.37. The van der Waals surface area contributed by atoms with Crippen LogP contribution in [0.1, 0.15) is 30.0 Å². The summed E-state index contributed by atoms with van der Waals surface area (Å²) < 4.78 is 2.99. The van der Waals surface area contributed by atoms with Crippen LogP contribution in [0, 0.1) is 10.1 Å². The van der Waals surface area contributed by atoms with Crippen molar-refractivity contribution in [2.45, 2.75) is 25.2 Å². The van der Waals surface area contributed by atoms with Crippen LogP contribution in [0.4, 0.5) is 11.5 Å². The zero-order chi connectivity index (χ0) is 15.9. The molecule has 0 fully saturated rings. The smallest absolute Gasteiger partial charge is 0.305 e. The number of carbonyl (C=O) groups excluding carboxylic acids is 1. The first kappa shape index (κ1) is 14.2. The average molecular weight is 304 g/mol. The molecule has 1 aliphatic carbocycles. The van der Waals surface area contributed by atoms with Crippen LogP contribution in [-0.4, -0.2) is 30.4 Å². The molecule has 22 heavy (non-hydrogen) atoms. The average Bonchev–Trinajstić information content (AvgIpc) is 3.01. The van der Waals surface area contributed by atoms with Crippen LogP contribution in [0.3, 0.4) is 0 Å². The third-order valence-corrected chi connectivity index (χ3v) is 3.89. The molecule has 116 valence electrons. The maximum absolute atomic E-state index is 12.6. The molecule has 2 aromatic heterocycles. The van der Waals surface area contributed by atoms with Crippen molar-refractivity contribution in [1.29, 1.82) is 0 Å². The van der Waals surface area contributed by atoms with Crippen LogP contribution >= 0.6 is 0 Å². The number of nitrogens with one attached hydrogen (secondary N) is 1. The Bertz CT molecular complexity index is 747. The van der Waals surface area contributed by atoms with Gasteiger partial charge in [0.25, 0.3) is 0 Å². The summed E-state index contributed by atoms with van der Waals surface area (Å²) in [6, 6.07) is 0. The van der Waals surface area contributed by atoms with E-state index in [-0.39, 0.29) is 23.3 Å². The Kier molecular flexibility index (Phi) is 3.39. The van der Waals surface area contributed by atoms with E-state index in [4.69, 9.17) is 0 Å². The van der Waals surface area contributed by atoms with E-state index in [1.807, 2.05) is 13.2 Å². The molecule has 9 heteroatoms. The lowest BCUT2D eigenvalue weighted by Crippen LogP contribution is -2.25. The van der Waals surface area contributed by atoms with Crippen molar-refractivity contribution in [3.8, 4) is 0 Å². The molecule has 3 rings (SSSR count). The normalized spacial score (nSPS) is 17.1. The van der Waals surface area contributed by atoms with Crippen LogP contribution in [-0.2, 0) is 25.3 Å². The molecule has 9 nitrogen and oxygen atoms in total. The van der Waals surface area contributed by atoms with Crippen LogP contribution in [0.25, 0.3) is 0 Å². The number of fused-ring (bicyclic) bond motifs is 1. The molecule has 1 aliphatic rings. The third kappa shape index (κ3) is 2.34. The van der Waals surface area contributed by atoms with Crippen LogP contribution in [0.15, 0.2) is 12.4 Å². The number of aromatic nitrogens is 4. The van der Waals surface area contributed by atoms with Gasteiger partial charge in [0.15, 0.2) is 0 Å². The topological polar surface area (TPSA) is 108 Å². The highest BCUT2D eigenvalue weighted by Gasteiger charge is 2.31. The molecule has 0 saturated carbocycles. The number of nitrogens with zero attached hydrogens (tertiary/aromatic N) is 5. The predicted molar refractivity (Wildman–Crippen MR) is 77.4 cm³/mol. The summed E-state index contributed by atoms with van der Waals surface area (Å²) >= 11 is 0. The molecule has 0 saturated heterocycles. The van der Waals surface area contributed by atoms with Gasteiger partial charge in [-0.05, 0) is 19.3 Å². The molecular formula is C13H16N6O3. The largest absolute Gasteiger partial charge is 0.331 e. The number of carbonyl (C=O) groups is 1. The number of nitro groups is 1. The van der Waals surface area contributed by atoms with Crippen molar-refractivity contribution < 1.29 is 9.72 Å². The lowest BCUT2D eigenvalue weighted by molar-refractivity contribution is -0.384. The van der Waals surface area contributed by atoms with Crippen LogP contribution in [0.2, 0.25) is 0 Å². The van der Waals surface area contributed by atoms with Gasteiger partial charge in [-0.2, -0.15) is 10.2 Å². The van der Waals surface area contributed by atoms with Crippen molar-refractivity contribution in [3.05, 3.63) is 33.8 Å². The Hall–Kier alpha value is -2.71. The van der Waals surface area contributed by atoms with Crippen LogP contribution in [0.5, 0.6) is 0 Å². The molecule has 0 aromatic carbocycles. The second-order valence-corrected chi connectivity index (χ2v) is 5.40. The molecule has 0 radical (unpaired) electrons. The van der Waals surface area contributed by atoms with Gasteiger partial charge in [0.1, 0.15) is 6.20 Å². The number of rotatable bonds is 3. The minimum atomic E-state index is -0.557. The van der Waals surface area contributed by atoms with E-state index >= 15 is 0 Å². The lowest BCUT2D eigenvalue weighted by Gasteiger charge is -2.20. The number of aryl methyl sites for hydroxylation is 3. The number of hydrogen-bond donors (Lipinski definition) is 1. The highest BCUT2D eigenvalue weighted by atomic mass is 16.6. The summed E-state index contributed by atoms with van der Waals surface area (Å²) in [5.74, 6) is -0.501. The third-order valence-electron chi connectivity index (χ3n) is 3.89. The fourth-order valence-corrected chi connectivity index (χ4v) is 2.85. The Morgan fingerprint density at radius 2 is 2.27 bits per heavy atom. The first-order chi connectivity index (χ1) is 10.5. The zero-order valence-corrected chi connectivity index (χ0v) is 12.3. The van der Waals surface area contributed by atoms with E-state index in [2.05, 4.69) is 15.5 Å². The number of anilines is 1. The molecule has 0 unspecified atom stereocenters. The Labute approximate surface area is 126 Å². The van der Waals surface area contributed by atoms with E-state index < -0.39 is 4.92 Å². The second kappa shape index (κ2) is 5.24. The van der Waals surface area contributed by atoms with Gasteiger partial charge in [-0.1, -0.05) is 0 Å². The number of hydrogen-bond acceptors (Lipinski definition) is 5. The molecule has 0 bridgehead atoms. The Balaban J connectivity index is 1.87. The SMILES string of the molecule is Cn1cc2c(n1)CCC[C@H]2C(=O)Nc1c([N+](=O)[O-])cnn1C. The Morgan fingerprint density at radius 1 is 1.50 bits per heavy atom. The van der Waals surface area contributed by atoms with Crippen LogP contribution < -0.4 is 5.32 Å².